The molecule has 0 bridgehead atoms. The van der Waals surface area contributed by atoms with Gasteiger partial charge in [0.05, 0.1) is 5.54 Å². The summed E-state index contributed by atoms with van der Waals surface area (Å²) >= 11 is 4.87. The number of nitrogens with one attached hydrogen (secondary N) is 2. The molecule has 0 radical (unpaired) electrons. The summed E-state index contributed by atoms with van der Waals surface area (Å²) in [6.07, 6.45) is 3.72. The largest absolute Gasteiger partial charge is 0.444 e. The highest BCUT2D eigenvalue weighted by molar-refractivity contribution is 9.10. The van der Waals surface area contributed by atoms with Crippen LogP contribution >= 0.6 is 27.7 Å². The summed E-state index contributed by atoms with van der Waals surface area (Å²) in [6, 6.07) is 9.52. The number of carbonyl (C=O) groups excluding carboxylic acids is 2. The Hall–Kier alpha value is -2.39. The third kappa shape index (κ3) is 6.25. The van der Waals surface area contributed by atoms with Crippen molar-refractivity contribution >= 4 is 50.5 Å². The molecular weight excluding hydrogens is 528 g/mol. The van der Waals surface area contributed by atoms with E-state index in [0.717, 1.165) is 35.1 Å². The molecule has 9 heteroatoms. The van der Waals surface area contributed by atoms with Gasteiger partial charge < -0.3 is 10.1 Å². The maximum Gasteiger partial charge on any atom is 0.413 e. The van der Waals surface area contributed by atoms with E-state index in [9.17, 15) is 9.59 Å². The zero-order valence-electron chi connectivity index (χ0n) is 20.7. The van der Waals surface area contributed by atoms with Gasteiger partial charge in [-0.2, -0.15) is 0 Å². The number of fused-ring (bicyclic) bond motifs is 2. The van der Waals surface area contributed by atoms with Crippen LogP contribution in [-0.2, 0) is 16.7 Å². The Morgan fingerprint density at radius 1 is 1.14 bits per heavy atom. The number of hydrogen-bond acceptors (Lipinski definition) is 6. The van der Waals surface area contributed by atoms with Crippen molar-refractivity contribution in [2.24, 2.45) is 10.4 Å². The molecule has 2 heterocycles. The summed E-state index contributed by atoms with van der Waals surface area (Å²) in [5.74, 6) is 0.557. The first-order chi connectivity index (χ1) is 16.3. The minimum atomic E-state index is -0.585. The molecule has 1 unspecified atom stereocenters. The van der Waals surface area contributed by atoms with E-state index in [1.54, 1.807) is 18.3 Å². The number of alkyl carbamates (subject to hydrolysis) is 1. The Bertz CT molecular complexity index is 1170. The molecule has 1 aliphatic carbocycles. The van der Waals surface area contributed by atoms with Gasteiger partial charge in [-0.3, -0.25) is 15.1 Å². The Balaban J connectivity index is 1.65. The fraction of sp³-hybridized carbons (Fsp3) is 0.462. The molecule has 2 aromatic rings. The van der Waals surface area contributed by atoms with Gasteiger partial charge in [0.1, 0.15) is 11.3 Å². The van der Waals surface area contributed by atoms with Gasteiger partial charge in [0.25, 0.3) is 5.91 Å². The van der Waals surface area contributed by atoms with Crippen molar-refractivity contribution in [3.8, 4) is 0 Å². The van der Waals surface area contributed by atoms with Gasteiger partial charge in [-0.25, -0.2) is 9.78 Å². The predicted molar refractivity (Wildman–Crippen MR) is 144 cm³/mol. The average molecular weight is 560 g/mol. The number of amidine groups is 1. The molecule has 4 rings (SSSR count). The first-order valence-corrected chi connectivity index (χ1v) is 13.4. The van der Waals surface area contributed by atoms with Gasteiger partial charge in [0.2, 0.25) is 0 Å². The molecule has 1 aromatic heterocycles. The second-order valence-corrected chi connectivity index (χ2v) is 12.9. The maximum absolute atomic E-state index is 12.8. The Kier molecular flexibility index (Phi) is 7.03. The molecule has 0 saturated carbocycles. The molecule has 0 fully saturated rings. The number of hydrogen-bond donors (Lipinski definition) is 2. The Morgan fingerprint density at radius 3 is 2.60 bits per heavy atom. The SMILES string of the molecule is CC1(C)Cc2ccc(NC(=O)c3ccc(Br)cn3)cc2C2(CCSC(NC(=O)OC(C)(C)C)=N2)C1. The summed E-state index contributed by atoms with van der Waals surface area (Å²) in [4.78, 5) is 34.5. The van der Waals surface area contributed by atoms with Crippen LogP contribution in [0.25, 0.3) is 0 Å². The molecule has 2 aliphatic rings. The predicted octanol–water partition coefficient (Wildman–Crippen LogP) is 6.28. The minimum absolute atomic E-state index is 0.0433. The summed E-state index contributed by atoms with van der Waals surface area (Å²) in [5, 5.41) is 6.40. The zero-order valence-corrected chi connectivity index (χ0v) is 23.1. The molecule has 0 saturated heterocycles. The molecule has 1 atom stereocenters. The van der Waals surface area contributed by atoms with Crippen LogP contribution in [0.2, 0.25) is 0 Å². The normalized spacial score (nSPS) is 21.0. The van der Waals surface area contributed by atoms with Crippen LogP contribution in [0.5, 0.6) is 0 Å². The van der Waals surface area contributed by atoms with E-state index in [1.807, 2.05) is 32.9 Å². The third-order valence-electron chi connectivity index (χ3n) is 5.95. The lowest BCUT2D eigenvalue weighted by Crippen LogP contribution is -2.43. The lowest BCUT2D eigenvalue weighted by Gasteiger charge is -2.46. The van der Waals surface area contributed by atoms with Gasteiger partial charge in [-0.1, -0.05) is 31.7 Å². The van der Waals surface area contributed by atoms with Gasteiger partial charge >= 0.3 is 6.09 Å². The number of rotatable bonds is 2. The number of amides is 2. The van der Waals surface area contributed by atoms with Crippen molar-refractivity contribution in [1.82, 2.24) is 10.3 Å². The van der Waals surface area contributed by atoms with Crippen LogP contribution < -0.4 is 10.6 Å². The quantitative estimate of drug-likeness (QED) is 0.452. The van der Waals surface area contributed by atoms with E-state index in [1.165, 1.54) is 17.3 Å². The van der Waals surface area contributed by atoms with Crippen molar-refractivity contribution in [2.45, 2.75) is 65.0 Å². The number of pyridine rings is 1. The minimum Gasteiger partial charge on any atom is -0.444 e. The first kappa shape index (κ1) is 25.7. The summed E-state index contributed by atoms with van der Waals surface area (Å²) in [5.41, 5.74) is 2.34. The highest BCUT2D eigenvalue weighted by Gasteiger charge is 2.45. The fourth-order valence-corrected chi connectivity index (χ4v) is 6.05. The van der Waals surface area contributed by atoms with Gasteiger partial charge in [-0.15, -0.1) is 0 Å². The molecule has 2 N–H and O–H groups in total. The number of ether oxygens (including phenoxy) is 1. The number of anilines is 1. The van der Waals surface area contributed by atoms with Crippen LogP contribution in [0.1, 0.15) is 69.1 Å². The molecule has 2 amide bonds. The van der Waals surface area contributed by atoms with Crippen molar-refractivity contribution in [2.75, 3.05) is 11.1 Å². The van der Waals surface area contributed by atoms with E-state index < -0.39 is 17.2 Å². The third-order valence-corrected chi connectivity index (χ3v) is 7.29. The topological polar surface area (TPSA) is 92.7 Å². The monoisotopic (exact) mass is 558 g/mol. The summed E-state index contributed by atoms with van der Waals surface area (Å²) in [7, 11) is 0. The molecular formula is C26H31BrN4O3S. The van der Waals surface area contributed by atoms with Crippen molar-refractivity contribution in [3.63, 3.8) is 0 Å². The first-order valence-electron chi connectivity index (χ1n) is 11.6. The average Bonchev–Trinajstić information content (AvgIpc) is 2.73. The lowest BCUT2D eigenvalue weighted by molar-refractivity contribution is 0.0563. The van der Waals surface area contributed by atoms with E-state index in [2.05, 4.69) is 51.5 Å². The van der Waals surface area contributed by atoms with Crippen molar-refractivity contribution in [1.29, 1.82) is 0 Å². The van der Waals surface area contributed by atoms with Gasteiger partial charge in [-0.05, 0) is 96.8 Å². The van der Waals surface area contributed by atoms with E-state index in [-0.39, 0.29) is 11.3 Å². The molecule has 1 aliphatic heterocycles. The number of aliphatic imine (C=N–C) groups is 1. The van der Waals surface area contributed by atoms with Crippen LogP contribution in [-0.4, -0.2) is 33.5 Å². The van der Waals surface area contributed by atoms with E-state index in [0.29, 0.717) is 16.5 Å². The molecule has 1 aromatic carbocycles. The summed E-state index contributed by atoms with van der Waals surface area (Å²) < 4.78 is 6.25. The second-order valence-electron chi connectivity index (χ2n) is 10.9. The lowest BCUT2D eigenvalue weighted by atomic mass is 9.64. The summed E-state index contributed by atoms with van der Waals surface area (Å²) in [6.45, 7) is 10.0. The molecule has 186 valence electrons. The molecule has 7 nitrogen and oxygen atoms in total. The number of benzene rings is 1. The van der Waals surface area contributed by atoms with Crippen molar-refractivity contribution in [3.05, 3.63) is 57.8 Å². The van der Waals surface area contributed by atoms with Crippen LogP contribution in [0.4, 0.5) is 10.5 Å². The molecule has 1 spiro atoms. The van der Waals surface area contributed by atoms with E-state index in [4.69, 9.17) is 9.73 Å². The van der Waals surface area contributed by atoms with Gasteiger partial charge in [0, 0.05) is 22.1 Å². The van der Waals surface area contributed by atoms with Crippen LogP contribution in [0, 0.1) is 5.41 Å². The smallest absolute Gasteiger partial charge is 0.413 e. The second kappa shape index (κ2) is 9.58. The van der Waals surface area contributed by atoms with Crippen LogP contribution in [0.15, 0.2) is 46.0 Å². The molecule has 35 heavy (non-hydrogen) atoms. The standard InChI is InChI=1S/C26H31BrN4O3S/c1-24(2,3)34-23(33)30-22-31-26(10-11-35-22)15-25(4,5)13-16-6-8-18(12-19(16)26)29-21(32)20-9-7-17(27)14-28-20/h6-9,12,14H,10-11,13,15H2,1-5H3,(H,29,32)(H,30,31,33). The zero-order chi connectivity index (χ0) is 25.4. The number of thioether (sulfide) groups is 1. The Labute approximate surface area is 219 Å². The van der Waals surface area contributed by atoms with Crippen molar-refractivity contribution < 1.29 is 14.3 Å². The number of halogens is 1. The van der Waals surface area contributed by atoms with Gasteiger partial charge in [0.15, 0.2) is 5.17 Å². The highest BCUT2D eigenvalue weighted by Crippen LogP contribution is 2.51. The number of nitrogens with zero attached hydrogens (tertiary/aromatic N) is 2. The number of aromatic nitrogens is 1. The Morgan fingerprint density at radius 2 is 1.91 bits per heavy atom. The highest BCUT2D eigenvalue weighted by atomic mass is 79.9. The van der Waals surface area contributed by atoms with E-state index >= 15 is 0 Å². The fourth-order valence-electron chi connectivity index (χ4n) is 4.79. The maximum atomic E-state index is 12.8. The number of carbonyl (C=O) groups is 2. The van der Waals surface area contributed by atoms with Crippen LogP contribution in [0.3, 0.4) is 0 Å².